The lowest BCUT2D eigenvalue weighted by Crippen LogP contribution is -2.07. The fourth-order valence-corrected chi connectivity index (χ4v) is 4.88. The summed E-state index contributed by atoms with van der Waals surface area (Å²) in [6.07, 6.45) is 5.80. The third-order valence-electron chi connectivity index (χ3n) is 4.82. The summed E-state index contributed by atoms with van der Waals surface area (Å²) in [6, 6.07) is 7.91. The van der Waals surface area contributed by atoms with Gasteiger partial charge in [-0.05, 0) is 54.5 Å². The summed E-state index contributed by atoms with van der Waals surface area (Å²) < 4.78 is 0.641. The predicted octanol–water partition coefficient (Wildman–Crippen LogP) is 4.73. The molecule has 124 valence electrons. The fraction of sp³-hybridized carbons (Fsp3) is 0.211. The highest BCUT2D eigenvalue weighted by Gasteiger charge is 2.23. The Hall–Kier alpha value is -2.24. The number of aromatic nitrogens is 3. The standard InChI is InChI=1S/C19H14ClN3OS/c20-11-7-5-10(6-8-11)14-12-3-1-2-4-13(12)23-19-15(14)16-17(25-19)18(24)22-9-21-16/h5-9H,1-4H2,(H,21,22,24). The quantitative estimate of drug-likeness (QED) is 0.529. The first-order valence-corrected chi connectivity index (χ1v) is 9.49. The largest absolute Gasteiger partial charge is 0.312 e. The molecule has 0 aliphatic heterocycles. The highest BCUT2D eigenvalue weighted by Crippen LogP contribution is 2.42. The predicted molar refractivity (Wildman–Crippen MR) is 103 cm³/mol. The van der Waals surface area contributed by atoms with Crippen molar-refractivity contribution in [2.45, 2.75) is 25.7 Å². The Balaban J connectivity index is 1.98. The van der Waals surface area contributed by atoms with Crippen LogP contribution in [-0.2, 0) is 12.8 Å². The molecule has 0 spiro atoms. The van der Waals surface area contributed by atoms with Crippen LogP contribution in [0.3, 0.4) is 0 Å². The highest BCUT2D eigenvalue weighted by molar-refractivity contribution is 7.25. The first-order valence-electron chi connectivity index (χ1n) is 8.30. The van der Waals surface area contributed by atoms with E-state index in [4.69, 9.17) is 16.6 Å². The zero-order valence-corrected chi connectivity index (χ0v) is 14.9. The molecular formula is C19H14ClN3OS. The molecule has 4 aromatic rings. The highest BCUT2D eigenvalue weighted by atomic mass is 35.5. The molecule has 0 saturated heterocycles. The fourth-order valence-electron chi connectivity index (χ4n) is 3.70. The Morgan fingerprint density at radius 1 is 1.12 bits per heavy atom. The van der Waals surface area contributed by atoms with E-state index in [0.29, 0.717) is 9.72 Å². The minimum Gasteiger partial charge on any atom is -0.312 e. The molecular weight excluding hydrogens is 354 g/mol. The zero-order valence-electron chi connectivity index (χ0n) is 13.3. The van der Waals surface area contributed by atoms with Gasteiger partial charge in [0.25, 0.3) is 5.56 Å². The van der Waals surface area contributed by atoms with Crippen LogP contribution in [0, 0.1) is 0 Å². The van der Waals surface area contributed by atoms with E-state index >= 15 is 0 Å². The zero-order chi connectivity index (χ0) is 17.0. The number of aromatic amines is 1. The smallest absolute Gasteiger partial charge is 0.268 e. The van der Waals surface area contributed by atoms with Crippen LogP contribution in [0.25, 0.3) is 31.6 Å². The summed E-state index contributed by atoms with van der Waals surface area (Å²) in [6.45, 7) is 0. The first kappa shape index (κ1) is 15.0. The van der Waals surface area contributed by atoms with Crippen LogP contribution in [0.5, 0.6) is 0 Å². The van der Waals surface area contributed by atoms with Crippen LogP contribution in [0.1, 0.15) is 24.1 Å². The van der Waals surface area contributed by atoms with Crippen molar-refractivity contribution in [2.75, 3.05) is 0 Å². The van der Waals surface area contributed by atoms with E-state index in [1.807, 2.05) is 24.3 Å². The number of hydrogen-bond acceptors (Lipinski definition) is 4. The van der Waals surface area contributed by atoms with E-state index < -0.39 is 0 Å². The average molecular weight is 368 g/mol. The Labute approximate surface area is 152 Å². The summed E-state index contributed by atoms with van der Waals surface area (Å²) in [5.74, 6) is 0. The van der Waals surface area contributed by atoms with Gasteiger partial charge in [-0.3, -0.25) is 4.79 Å². The average Bonchev–Trinajstić information content (AvgIpc) is 3.00. The number of aryl methyl sites for hydroxylation is 1. The van der Waals surface area contributed by atoms with Crippen LogP contribution >= 0.6 is 22.9 Å². The Morgan fingerprint density at radius 3 is 2.76 bits per heavy atom. The number of pyridine rings is 1. The molecule has 1 N–H and O–H groups in total. The van der Waals surface area contributed by atoms with Gasteiger partial charge in [0.05, 0.1) is 11.8 Å². The van der Waals surface area contributed by atoms with Crippen molar-refractivity contribution in [3.05, 3.63) is 57.2 Å². The molecule has 1 aliphatic carbocycles. The summed E-state index contributed by atoms with van der Waals surface area (Å²) >= 11 is 7.52. The van der Waals surface area contributed by atoms with Crippen molar-refractivity contribution in [2.24, 2.45) is 0 Å². The van der Waals surface area contributed by atoms with Crippen molar-refractivity contribution in [1.29, 1.82) is 0 Å². The van der Waals surface area contributed by atoms with Gasteiger partial charge in [-0.15, -0.1) is 11.3 Å². The Bertz CT molecular complexity index is 1180. The molecule has 1 aromatic carbocycles. The number of thiophene rings is 1. The van der Waals surface area contributed by atoms with Crippen molar-refractivity contribution >= 4 is 43.4 Å². The van der Waals surface area contributed by atoms with Gasteiger partial charge in [0, 0.05) is 16.1 Å². The molecule has 0 saturated carbocycles. The van der Waals surface area contributed by atoms with Gasteiger partial charge in [0.15, 0.2) is 0 Å². The third-order valence-corrected chi connectivity index (χ3v) is 6.14. The monoisotopic (exact) mass is 367 g/mol. The molecule has 3 heterocycles. The molecule has 0 unspecified atom stereocenters. The molecule has 3 aromatic heterocycles. The first-order chi connectivity index (χ1) is 12.2. The number of fused-ring (bicyclic) bond motifs is 4. The summed E-state index contributed by atoms with van der Waals surface area (Å²) in [5, 5.41) is 1.71. The number of H-pyrrole nitrogens is 1. The van der Waals surface area contributed by atoms with Crippen molar-refractivity contribution < 1.29 is 0 Å². The van der Waals surface area contributed by atoms with E-state index in [2.05, 4.69) is 9.97 Å². The van der Waals surface area contributed by atoms with Crippen molar-refractivity contribution in [3.8, 4) is 11.1 Å². The summed E-state index contributed by atoms with van der Waals surface area (Å²) in [5.41, 5.74) is 5.37. The summed E-state index contributed by atoms with van der Waals surface area (Å²) in [7, 11) is 0. The molecule has 4 nitrogen and oxygen atoms in total. The SMILES string of the molecule is O=c1[nH]cnc2c1sc1nc3c(c(-c4ccc(Cl)cc4)c12)CCCC3. The molecule has 6 heteroatoms. The lowest BCUT2D eigenvalue weighted by atomic mass is 9.87. The van der Waals surface area contributed by atoms with Crippen LogP contribution in [0.4, 0.5) is 0 Å². The van der Waals surface area contributed by atoms with Crippen LogP contribution in [0.15, 0.2) is 35.4 Å². The van der Waals surface area contributed by atoms with Gasteiger partial charge in [0.1, 0.15) is 9.53 Å². The lowest BCUT2D eigenvalue weighted by molar-refractivity contribution is 0.673. The topological polar surface area (TPSA) is 58.6 Å². The molecule has 0 radical (unpaired) electrons. The third kappa shape index (κ3) is 2.30. The maximum Gasteiger partial charge on any atom is 0.268 e. The second-order valence-electron chi connectivity index (χ2n) is 6.32. The van der Waals surface area contributed by atoms with Crippen LogP contribution in [0.2, 0.25) is 5.02 Å². The minimum atomic E-state index is -0.104. The van der Waals surface area contributed by atoms with Crippen LogP contribution < -0.4 is 5.56 Å². The van der Waals surface area contributed by atoms with Gasteiger partial charge < -0.3 is 4.98 Å². The molecule has 0 bridgehead atoms. The molecule has 1 aliphatic rings. The maximum atomic E-state index is 12.2. The molecule has 5 rings (SSSR count). The Kier molecular flexibility index (Phi) is 3.40. The number of nitrogens with one attached hydrogen (secondary N) is 1. The van der Waals surface area contributed by atoms with Gasteiger partial charge in [-0.1, -0.05) is 23.7 Å². The second kappa shape index (κ2) is 5.64. The van der Waals surface area contributed by atoms with Gasteiger partial charge in [-0.25, -0.2) is 9.97 Å². The van der Waals surface area contributed by atoms with Gasteiger partial charge in [-0.2, -0.15) is 0 Å². The van der Waals surface area contributed by atoms with E-state index in [9.17, 15) is 4.79 Å². The van der Waals surface area contributed by atoms with E-state index in [0.717, 1.165) is 52.7 Å². The molecule has 0 amide bonds. The van der Waals surface area contributed by atoms with Crippen molar-refractivity contribution in [3.63, 3.8) is 0 Å². The van der Waals surface area contributed by atoms with E-state index in [1.54, 1.807) is 0 Å². The molecule has 0 atom stereocenters. The molecule has 25 heavy (non-hydrogen) atoms. The maximum absolute atomic E-state index is 12.2. The van der Waals surface area contributed by atoms with E-state index in [1.165, 1.54) is 28.8 Å². The van der Waals surface area contributed by atoms with Gasteiger partial charge in [0.2, 0.25) is 0 Å². The number of rotatable bonds is 1. The van der Waals surface area contributed by atoms with Crippen molar-refractivity contribution in [1.82, 2.24) is 15.0 Å². The Morgan fingerprint density at radius 2 is 1.92 bits per heavy atom. The minimum absolute atomic E-state index is 0.104. The lowest BCUT2D eigenvalue weighted by Gasteiger charge is -2.20. The van der Waals surface area contributed by atoms with E-state index in [-0.39, 0.29) is 5.56 Å². The number of halogens is 1. The molecule has 0 fully saturated rings. The number of nitrogens with zero attached hydrogens (tertiary/aromatic N) is 2. The van der Waals surface area contributed by atoms with Crippen LogP contribution in [-0.4, -0.2) is 15.0 Å². The normalized spacial score (nSPS) is 14.1. The number of benzene rings is 1. The van der Waals surface area contributed by atoms with Gasteiger partial charge >= 0.3 is 0 Å². The summed E-state index contributed by atoms with van der Waals surface area (Å²) in [4.78, 5) is 25.2. The number of hydrogen-bond donors (Lipinski definition) is 1. The second-order valence-corrected chi connectivity index (χ2v) is 7.75.